The molecule has 0 bridgehead atoms. The van der Waals surface area contributed by atoms with E-state index in [2.05, 4.69) is 59.3 Å². The van der Waals surface area contributed by atoms with Gasteiger partial charge in [-0.25, -0.2) is 0 Å². The summed E-state index contributed by atoms with van der Waals surface area (Å²) in [6.45, 7) is 11.8. The van der Waals surface area contributed by atoms with E-state index in [9.17, 15) is 4.79 Å². The monoisotopic (exact) mass is 359 g/mol. The Balaban J connectivity index is 1.56. The summed E-state index contributed by atoms with van der Waals surface area (Å²) in [5.41, 5.74) is 1.40. The summed E-state index contributed by atoms with van der Waals surface area (Å²) in [7, 11) is 0. The summed E-state index contributed by atoms with van der Waals surface area (Å²) in [6.07, 6.45) is 5.35. The number of nitrogens with one attached hydrogen (secondary N) is 1. The maximum atomic E-state index is 12.2. The van der Waals surface area contributed by atoms with E-state index >= 15 is 0 Å². The van der Waals surface area contributed by atoms with E-state index in [1.807, 2.05) is 0 Å². The van der Waals surface area contributed by atoms with Gasteiger partial charge in [0, 0.05) is 45.2 Å². The van der Waals surface area contributed by atoms with E-state index in [-0.39, 0.29) is 11.8 Å². The third-order valence-electron chi connectivity index (χ3n) is 5.43. The van der Waals surface area contributed by atoms with Crippen molar-refractivity contribution in [2.24, 2.45) is 5.92 Å². The van der Waals surface area contributed by atoms with Gasteiger partial charge in [-0.05, 0) is 31.4 Å². The minimum atomic E-state index is 0.205. The van der Waals surface area contributed by atoms with Crippen molar-refractivity contribution in [3.8, 4) is 0 Å². The van der Waals surface area contributed by atoms with Gasteiger partial charge in [-0.2, -0.15) is 0 Å². The summed E-state index contributed by atoms with van der Waals surface area (Å²) in [6, 6.07) is 10.7. The van der Waals surface area contributed by atoms with Gasteiger partial charge in [0.2, 0.25) is 5.91 Å². The Bertz CT molecular complexity index is 497. The van der Waals surface area contributed by atoms with Crippen molar-refractivity contribution in [2.75, 3.05) is 39.3 Å². The molecule has 1 aliphatic heterocycles. The van der Waals surface area contributed by atoms with Crippen LogP contribution in [0.3, 0.4) is 0 Å². The number of unbranched alkanes of at least 4 members (excludes halogenated alkanes) is 1. The van der Waals surface area contributed by atoms with Crippen molar-refractivity contribution < 1.29 is 4.79 Å². The highest BCUT2D eigenvalue weighted by Gasteiger charge is 2.17. The largest absolute Gasteiger partial charge is 0.356 e. The molecule has 1 aromatic rings. The van der Waals surface area contributed by atoms with E-state index < -0.39 is 0 Å². The molecule has 0 saturated carbocycles. The molecule has 0 aliphatic carbocycles. The molecule has 0 aromatic heterocycles. The molecule has 1 atom stereocenters. The van der Waals surface area contributed by atoms with E-state index in [4.69, 9.17) is 0 Å². The molecule has 146 valence electrons. The predicted molar refractivity (Wildman–Crippen MR) is 109 cm³/mol. The number of carbonyl (C=O) groups excluding carboxylic acids is 1. The Morgan fingerprint density at radius 2 is 1.73 bits per heavy atom. The molecule has 4 heteroatoms. The first-order valence-electron chi connectivity index (χ1n) is 10.5. The summed E-state index contributed by atoms with van der Waals surface area (Å²) < 4.78 is 0. The Labute approximate surface area is 159 Å². The molecular formula is C22H37N3O. The van der Waals surface area contributed by atoms with E-state index in [1.54, 1.807) is 0 Å². The average Bonchev–Trinajstić information content (AvgIpc) is 2.68. The highest BCUT2D eigenvalue weighted by molar-refractivity contribution is 5.78. The second-order valence-electron chi connectivity index (χ2n) is 7.50. The Morgan fingerprint density at radius 1 is 1.04 bits per heavy atom. The maximum absolute atomic E-state index is 12.2. The van der Waals surface area contributed by atoms with Gasteiger partial charge in [0.25, 0.3) is 0 Å². The van der Waals surface area contributed by atoms with Crippen LogP contribution in [-0.4, -0.2) is 55.0 Å². The molecule has 0 spiro atoms. The van der Waals surface area contributed by atoms with Crippen LogP contribution in [-0.2, 0) is 11.3 Å². The second-order valence-corrected chi connectivity index (χ2v) is 7.50. The van der Waals surface area contributed by atoms with Crippen LogP contribution in [0.1, 0.15) is 51.5 Å². The first-order chi connectivity index (χ1) is 12.7. The molecule has 26 heavy (non-hydrogen) atoms. The van der Waals surface area contributed by atoms with Crippen molar-refractivity contribution >= 4 is 5.91 Å². The van der Waals surface area contributed by atoms with Crippen molar-refractivity contribution in [1.82, 2.24) is 15.1 Å². The summed E-state index contributed by atoms with van der Waals surface area (Å²) in [4.78, 5) is 17.3. The van der Waals surface area contributed by atoms with E-state index in [0.717, 1.165) is 71.5 Å². The number of benzene rings is 1. The van der Waals surface area contributed by atoms with E-state index in [1.165, 1.54) is 12.0 Å². The van der Waals surface area contributed by atoms with Crippen LogP contribution in [0.25, 0.3) is 0 Å². The number of amides is 1. The number of piperazine rings is 1. The van der Waals surface area contributed by atoms with Gasteiger partial charge in [-0.3, -0.25) is 9.69 Å². The minimum absolute atomic E-state index is 0.205. The first-order valence-corrected chi connectivity index (χ1v) is 10.5. The van der Waals surface area contributed by atoms with Crippen molar-refractivity contribution in [3.63, 3.8) is 0 Å². The third-order valence-corrected chi connectivity index (χ3v) is 5.43. The number of nitrogens with zero attached hydrogens (tertiary/aromatic N) is 2. The summed E-state index contributed by atoms with van der Waals surface area (Å²) in [5, 5.41) is 3.15. The number of rotatable bonds is 11. The van der Waals surface area contributed by atoms with E-state index in [0.29, 0.717) is 0 Å². The lowest BCUT2D eigenvalue weighted by Gasteiger charge is -2.34. The minimum Gasteiger partial charge on any atom is -0.356 e. The predicted octanol–water partition coefficient (Wildman–Crippen LogP) is 3.53. The highest BCUT2D eigenvalue weighted by atomic mass is 16.1. The standard InChI is InChI=1S/C22H37N3O/c1-3-5-12-21(4-2)22(26)23-13-9-14-24-15-17-25(18-16-24)19-20-10-7-6-8-11-20/h6-8,10-11,21H,3-5,9,12-19H2,1-2H3,(H,23,26). The zero-order chi connectivity index (χ0) is 18.6. The third kappa shape index (κ3) is 7.46. The normalized spacial score (nSPS) is 17.2. The van der Waals surface area contributed by atoms with Crippen molar-refractivity contribution in [3.05, 3.63) is 35.9 Å². The molecule has 0 radical (unpaired) electrons. The fourth-order valence-electron chi connectivity index (χ4n) is 3.64. The molecule has 1 fully saturated rings. The molecule has 1 amide bonds. The van der Waals surface area contributed by atoms with Gasteiger partial charge >= 0.3 is 0 Å². The number of carbonyl (C=O) groups is 1. The van der Waals surface area contributed by atoms with Crippen LogP contribution in [0.15, 0.2) is 30.3 Å². The van der Waals surface area contributed by atoms with Gasteiger partial charge in [0.05, 0.1) is 0 Å². The summed E-state index contributed by atoms with van der Waals surface area (Å²) >= 11 is 0. The van der Waals surface area contributed by atoms with Crippen LogP contribution in [0.4, 0.5) is 0 Å². The lowest BCUT2D eigenvalue weighted by molar-refractivity contribution is -0.125. The first kappa shape index (κ1) is 20.9. The average molecular weight is 360 g/mol. The fourth-order valence-corrected chi connectivity index (χ4v) is 3.64. The molecule has 1 aliphatic rings. The van der Waals surface area contributed by atoms with Crippen LogP contribution in [0.5, 0.6) is 0 Å². The summed E-state index contributed by atoms with van der Waals surface area (Å²) in [5.74, 6) is 0.463. The Hall–Kier alpha value is -1.39. The lowest BCUT2D eigenvalue weighted by atomic mass is 9.98. The Morgan fingerprint density at radius 3 is 2.38 bits per heavy atom. The van der Waals surface area contributed by atoms with Gasteiger partial charge in [0.1, 0.15) is 0 Å². The van der Waals surface area contributed by atoms with Crippen LogP contribution < -0.4 is 5.32 Å². The molecule has 4 nitrogen and oxygen atoms in total. The van der Waals surface area contributed by atoms with Crippen molar-refractivity contribution in [2.45, 2.75) is 52.5 Å². The van der Waals surface area contributed by atoms with Gasteiger partial charge in [-0.15, -0.1) is 0 Å². The van der Waals surface area contributed by atoms with Crippen LogP contribution >= 0.6 is 0 Å². The molecule has 1 saturated heterocycles. The molecule has 1 aromatic carbocycles. The fraction of sp³-hybridized carbons (Fsp3) is 0.682. The Kier molecular flexibility index (Phi) is 9.72. The molecule has 1 unspecified atom stereocenters. The number of hydrogen-bond acceptors (Lipinski definition) is 3. The van der Waals surface area contributed by atoms with Crippen LogP contribution in [0.2, 0.25) is 0 Å². The molecule has 1 heterocycles. The van der Waals surface area contributed by atoms with Gasteiger partial charge < -0.3 is 10.2 Å². The topological polar surface area (TPSA) is 35.6 Å². The zero-order valence-electron chi connectivity index (χ0n) is 16.8. The van der Waals surface area contributed by atoms with Gasteiger partial charge in [0.15, 0.2) is 0 Å². The second kappa shape index (κ2) is 12.1. The lowest BCUT2D eigenvalue weighted by Crippen LogP contribution is -2.46. The van der Waals surface area contributed by atoms with Gasteiger partial charge in [-0.1, -0.05) is 57.0 Å². The SMILES string of the molecule is CCCCC(CC)C(=O)NCCCN1CCN(Cc2ccccc2)CC1. The molecule has 2 rings (SSSR count). The zero-order valence-corrected chi connectivity index (χ0v) is 16.8. The smallest absolute Gasteiger partial charge is 0.223 e. The molecular weight excluding hydrogens is 322 g/mol. The highest BCUT2D eigenvalue weighted by Crippen LogP contribution is 2.12. The van der Waals surface area contributed by atoms with Crippen LogP contribution in [0, 0.1) is 5.92 Å². The maximum Gasteiger partial charge on any atom is 0.223 e. The number of hydrogen-bond donors (Lipinski definition) is 1. The molecule has 1 N–H and O–H groups in total. The van der Waals surface area contributed by atoms with Crippen molar-refractivity contribution in [1.29, 1.82) is 0 Å². The quantitative estimate of drug-likeness (QED) is 0.614.